The Morgan fingerprint density at radius 3 is 2.80 bits per heavy atom. The minimum absolute atomic E-state index is 0.132. The molecule has 3 heteroatoms. The Morgan fingerprint density at radius 2 is 2.60 bits per heavy atom. The van der Waals surface area contributed by atoms with Gasteiger partial charge in [-0.2, -0.15) is 0 Å². The van der Waals surface area contributed by atoms with Crippen molar-refractivity contribution in [3.8, 4) is 0 Å². The summed E-state index contributed by atoms with van der Waals surface area (Å²) in [6.45, 7) is 0.819. The van der Waals surface area contributed by atoms with E-state index in [9.17, 15) is 0 Å². The summed E-state index contributed by atoms with van der Waals surface area (Å²) in [5.41, 5.74) is 0. The van der Waals surface area contributed by atoms with Crippen molar-refractivity contribution in [1.29, 1.82) is 0 Å². The summed E-state index contributed by atoms with van der Waals surface area (Å²) < 4.78 is 4.54. The zero-order chi connectivity index (χ0) is 3.54. The molecule has 1 rings (SSSR count). The number of rotatable bonds is 0. The Kier molecular flexibility index (Phi) is 1.32. The van der Waals surface area contributed by atoms with Crippen molar-refractivity contribution in [3.63, 3.8) is 0 Å². The van der Waals surface area contributed by atoms with Crippen LogP contribution in [0.1, 0.15) is 0 Å². The molecule has 0 bridgehead atoms. The Bertz CT molecular complexity index is 19.2. The molecule has 1 saturated heterocycles. The van der Waals surface area contributed by atoms with E-state index in [4.69, 9.17) is 0 Å². The fraction of sp³-hybridized carbons (Fsp3) is 1.00. The molecule has 0 aromatic carbocycles. The predicted octanol–water partition coefficient (Wildman–Crippen LogP) is -0.0143. The quantitative estimate of drug-likeness (QED) is 0.343. The van der Waals surface area contributed by atoms with Gasteiger partial charge in [-0.3, -0.25) is 0 Å². The van der Waals surface area contributed by atoms with Crippen LogP contribution in [0.3, 0.4) is 0 Å². The molecule has 1 fully saturated rings. The van der Waals surface area contributed by atoms with Crippen molar-refractivity contribution in [1.82, 2.24) is 0 Å². The van der Waals surface area contributed by atoms with Crippen LogP contribution in [0.25, 0.3) is 0 Å². The van der Waals surface area contributed by atoms with Crippen LogP contribution < -0.4 is 0 Å². The average Bonchev–Trinajstić information content (AvgIpc) is 1.76. The molecule has 0 spiro atoms. The monoisotopic (exact) mass is 135 g/mol. The van der Waals surface area contributed by atoms with Gasteiger partial charge in [-0.05, 0) is 0 Å². The molecule has 1 radical (unpaired) electrons. The van der Waals surface area contributed by atoms with Crippen LogP contribution in [-0.2, 0) is 8.76 Å². The van der Waals surface area contributed by atoms with Crippen molar-refractivity contribution < 1.29 is 8.76 Å². The van der Waals surface area contributed by atoms with E-state index in [0.29, 0.717) is 0 Å². The van der Waals surface area contributed by atoms with Crippen LogP contribution in [-0.4, -0.2) is 22.7 Å². The van der Waals surface area contributed by atoms with E-state index in [0.717, 1.165) is 11.8 Å². The van der Waals surface area contributed by atoms with Crippen LogP contribution in [0.15, 0.2) is 0 Å². The van der Waals surface area contributed by atoms with Crippen molar-refractivity contribution in [2.24, 2.45) is 0 Å². The Labute approximate surface area is 37.4 Å². The van der Waals surface area contributed by atoms with Crippen molar-refractivity contribution >= 4 is 16.1 Å². The van der Waals surface area contributed by atoms with Gasteiger partial charge in [-0.1, -0.05) is 0 Å². The first-order chi connectivity index (χ1) is 2.50. The molecule has 0 unspecified atom stereocenters. The van der Waals surface area contributed by atoms with Gasteiger partial charge in [0.05, 0.1) is 0 Å². The van der Waals surface area contributed by atoms with Gasteiger partial charge in [0.15, 0.2) is 0 Å². The van der Waals surface area contributed by atoms with Crippen molar-refractivity contribution in [2.45, 2.75) is 5.21 Å². The van der Waals surface area contributed by atoms with Crippen LogP contribution in [0.2, 0.25) is 5.21 Å². The van der Waals surface area contributed by atoms with E-state index in [-0.39, 0.29) is 16.1 Å². The second-order valence-electron chi connectivity index (χ2n) is 0.749. The Balaban J connectivity index is 2.08. The molecule has 0 saturated carbocycles. The van der Waals surface area contributed by atoms with Crippen LogP contribution in [0.4, 0.5) is 0 Å². The third-order valence-corrected chi connectivity index (χ3v) is 1.58. The summed E-state index contributed by atoms with van der Waals surface area (Å²) in [4.78, 5) is 4.49. The maximum absolute atomic E-state index is 4.54. The molecule has 0 aromatic heterocycles. The van der Waals surface area contributed by atoms with Crippen LogP contribution in [0.5, 0.6) is 0 Å². The Morgan fingerprint density at radius 1 is 1.60 bits per heavy atom. The first kappa shape index (κ1) is 3.66. The summed E-state index contributed by atoms with van der Waals surface area (Å²) in [5, 5.41) is 1.15. The maximum atomic E-state index is 4.54. The summed E-state index contributed by atoms with van der Waals surface area (Å²) in [7, 11) is 0. The van der Waals surface area contributed by atoms with E-state index >= 15 is 0 Å². The number of hydrogen-bond acceptors (Lipinski definition) is 2. The van der Waals surface area contributed by atoms with E-state index in [1.54, 1.807) is 0 Å². The summed E-state index contributed by atoms with van der Waals surface area (Å²) >= 11 is 0.132. The van der Waals surface area contributed by atoms with Crippen molar-refractivity contribution in [2.75, 3.05) is 6.61 Å². The zero-order valence-electron chi connectivity index (χ0n) is 2.68. The molecule has 0 amide bonds. The van der Waals surface area contributed by atoms with E-state index in [1.165, 1.54) is 0 Å². The van der Waals surface area contributed by atoms with Gasteiger partial charge >= 0.3 is 36.7 Å². The summed E-state index contributed by atoms with van der Waals surface area (Å²) in [6, 6.07) is 0. The molecule has 0 atom stereocenters. The molecule has 1 aliphatic rings. The molecule has 0 N–H and O–H groups in total. The fourth-order valence-electron chi connectivity index (χ4n) is 0.186. The van der Waals surface area contributed by atoms with Gasteiger partial charge in [-0.25, -0.2) is 0 Å². The van der Waals surface area contributed by atoms with Crippen LogP contribution in [0, 0.1) is 0 Å². The third kappa shape index (κ3) is 0.917. The van der Waals surface area contributed by atoms with E-state index in [1.807, 2.05) is 0 Å². The second-order valence-corrected chi connectivity index (χ2v) is 2.54. The van der Waals surface area contributed by atoms with Gasteiger partial charge in [0.1, 0.15) is 0 Å². The van der Waals surface area contributed by atoms with Gasteiger partial charge in [-0.15, -0.1) is 0 Å². The standard InChI is InChI=1S/C2H4AsO2/c1-2-4-5-3-1/h1-2H2. The molecule has 29 valence electrons. The zero-order valence-corrected chi connectivity index (χ0v) is 4.55. The first-order valence-electron chi connectivity index (χ1n) is 1.45. The molecule has 0 aromatic rings. The van der Waals surface area contributed by atoms with Gasteiger partial charge < -0.3 is 0 Å². The van der Waals surface area contributed by atoms with Gasteiger partial charge in [0, 0.05) is 0 Å². The number of hydrogen-bond donors (Lipinski definition) is 0. The average molecular weight is 135 g/mol. The van der Waals surface area contributed by atoms with Gasteiger partial charge in [0.25, 0.3) is 0 Å². The molecular weight excluding hydrogens is 131 g/mol. The molecule has 2 nitrogen and oxygen atoms in total. The predicted molar refractivity (Wildman–Crippen MR) is 17.6 cm³/mol. The molecular formula is C2H4AsO2. The molecule has 5 heavy (non-hydrogen) atoms. The van der Waals surface area contributed by atoms with E-state index in [2.05, 4.69) is 8.76 Å². The van der Waals surface area contributed by atoms with Crippen molar-refractivity contribution in [3.05, 3.63) is 0 Å². The Hall–Kier alpha value is 0.478. The van der Waals surface area contributed by atoms with Gasteiger partial charge in [0.2, 0.25) is 0 Å². The normalized spacial score (nSPS) is 28.8. The summed E-state index contributed by atoms with van der Waals surface area (Å²) in [5.74, 6) is 0. The fourth-order valence-corrected chi connectivity index (χ4v) is 0.968. The third-order valence-electron chi connectivity index (χ3n) is 0.371. The molecule has 1 aliphatic heterocycles. The minimum atomic E-state index is 0.132. The molecule has 0 aliphatic carbocycles. The topological polar surface area (TPSA) is 18.5 Å². The van der Waals surface area contributed by atoms with E-state index < -0.39 is 0 Å². The molecule has 1 heterocycles. The summed E-state index contributed by atoms with van der Waals surface area (Å²) in [6.07, 6.45) is 0. The SMILES string of the molecule is C1C[As]OO1. The first-order valence-corrected chi connectivity index (χ1v) is 3.55. The van der Waals surface area contributed by atoms with Crippen LogP contribution >= 0.6 is 0 Å². The second kappa shape index (κ2) is 1.81.